The van der Waals surface area contributed by atoms with Gasteiger partial charge >= 0.3 is 0 Å². The van der Waals surface area contributed by atoms with Gasteiger partial charge in [-0.05, 0) is 12.8 Å². The molecular weight excluding hydrogens is 180 g/mol. The molecule has 5 nitrogen and oxygen atoms in total. The van der Waals surface area contributed by atoms with Crippen molar-refractivity contribution in [3.63, 3.8) is 0 Å². The Morgan fingerprint density at radius 2 is 2.42 bits per heavy atom. The van der Waals surface area contributed by atoms with E-state index in [0.29, 0.717) is 13.2 Å². The van der Waals surface area contributed by atoms with Gasteiger partial charge in [0, 0.05) is 12.6 Å². The van der Waals surface area contributed by atoms with E-state index in [1.54, 1.807) is 0 Å². The van der Waals surface area contributed by atoms with Gasteiger partial charge in [0.05, 0.1) is 12.7 Å². The first-order valence-electron chi connectivity index (χ1n) is 3.90. The van der Waals surface area contributed by atoms with Crippen molar-refractivity contribution >= 4 is 11.3 Å². The van der Waals surface area contributed by atoms with Gasteiger partial charge in [0.1, 0.15) is 0 Å². The lowest BCUT2D eigenvalue weighted by Crippen LogP contribution is -2.40. The molecule has 1 saturated heterocycles. The van der Waals surface area contributed by atoms with Crippen LogP contribution in [0.15, 0.2) is 0 Å². The largest absolute Gasteiger partial charge is 0.375 e. The summed E-state index contributed by atoms with van der Waals surface area (Å²) >= 11 is -1.94. The van der Waals surface area contributed by atoms with Crippen LogP contribution in [0.5, 0.6) is 0 Å². The maximum absolute atomic E-state index is 10.2. The van der Waals surface area contributed by atoms with Gasteiger partial charge in [0.15, 0.2) is 0 Å². The molecule has 1 aliphatic heterocycles. The molecule has 0 amide bonds. The molecule has 0 saturated carbocycles. The molecule has 1 heterocycles. The van der Waals surface area contributed by atoms with Gasteiger partial charge < -0.3 is 10.5 Å². The Kier molecular flexibility index (Phi) is 4.10. The molecule has 1 unspecified atom stereocenters. The van der Waals surface area contributed by atoms with Crippen LogP contribution in [-0.2, 0) is 16.0 Å². The summed E-state index contributed by atoms with van der Waals surface area (Å²) in [6, 6.07) is 0.126. The highest BCUT2D eigenvalue weighted by Crippen LogP contribution is 2.10. The maximum atomic E-state index is 10.2. The van der Waals surface area contributed by atoms with Gasteiger partial charge in [-0.1, -0.05) is 0 Å². The van der Waals surface area contributed by atoms with Crippen LogP contribution >= 0.6 is 0 Å². The van der Waals surface area contributed by atoms with Crippen LogP contribution < -0.4 is 10.5 Å². The predicted octanol–water partition coefficient (Wildman–Crippen LogP) is -0.781. The van der Waals surface area contributed by atoms with Gasteiger partial charge in [-0.3, -0.25) is 4.55 Å². The van der Waals surface area contributed by atoms with Crippen LogP contribution in [-0.4, -0.2) is 34.1 Å². The maximum Gasteiger partial charge on any atom is 0.231 e. The van der Waals surface area contributed by atoms with E-state index in [1.165, 1.54) is 0 Å². The van der Waals surface area contributed by atoms with Crippen LogP contribution in [0.2, 0.25) is 0 Å². The van der Waals surface area contributed by atoms with Crippen molar-refractivity contribution in [1.29, 1.82) is 0 Å². The smallest absolute Gasteiger partial charge is 0.231 e. The molecule has 1 aliphatic rings. The van der Waals surface area contributed by atoms with E-state index in [-0.39, 0.29) is 12.1 Å². The van der Waals surface area contributed by atoms with Gasteiger partial charge in [-0.2, -0.15) is 0 Å². The number of nitrogens with one attached hydrogen (secondary N) is 1. The van der Waals surface area contributed by atoms with Crippen LogP contribution in [0.25, 0.3) is 0 Å². The zero-order chi connectivity index (χ0) is 8.97. The number of hydrogen-bond acceptors (Lipinski definition) is 3. The molecule has 12 heavy (non-hydrogen) atoms. The second kappa shape index (κ2) is 4.88. The molecule has 4 N–H and O–H groups in total. The Hall–Kier alpha value is -0.0100. The highest BCUT2D eigenvalue weighted by atomic mass is 32.2. The van der Waals surface area contributed by atoms with Crippen molar-refractivity contribution in [2.75, 3.05) is 13.2 Å². The van der Waals surface area contributed by atoms with Crippen molar-refractivity contribution in [3.8, 4) is 0 Å². The molecule has 0 aromatic rings. The Bertz CT molecular complexity index is 159. The first-order chi connectivity index (χ1) is 5.68. The molecule has 0 aromatic heterocycles. The van der Waals surface area contributed by atoms with E-state index in [0.717, 1.165) is 12.8 Å². The monoisotopic (exact) mass is 194 g/mol. The normalized spacial score (nSPS) is 33.2. The standard InChI is InChI=1S/C6H14N2O3S/c7-5-1-2-6(11-4-5)3-8-12(9)10/h5-6,8H,1-4,7H2,(H,9,10)/t5-,6+/m1/s1. The van der Waals surface area contributed by atoms with Crippen molar-refractivity contribution < 1.29 is 13.5 Å². The molecule has 3 atom stereocenters. The summed E-state index contributed by atoms with van der Waals surface area (Å²) in [5.41, 5.74) is 5.60. The number of rotatable bonds is 3. The van der Waals surface area contributed by atoms with E-state index >= 15 is 0 Å². The zero-order valence-electron chi connectivity index (χ0n) is 6.73. The van der Waals surface area contributed by atoms with E-state index < -0.39 is 11.3 Å². The van der Waals surface area contributed by atoms with Crippen molar-refractivity contribution in [3.05, 3.63) is 0 Å². The average Bonchev–Trinajstić information content (AvgIpc) is 2.03. The predicted molar refractivity (Wildman–Crippen MR) is 45.7 cm³/mol. The highest BCUT2D eigenvalue weighted by Gasteiger charge is 2.18. The van der Waals surface area contributed by atoms with Crippen LogP contribution in [0.3, 0.4) is 0 Å². The summed E-state index contributed by atoms with van der Waals surface area (Å²) < 4.78 is 26.3. The van der Waals surface area contributed by atoms with E-state index in [2.05, 4.69) is 4.72 Å². The Morgan fingerprint density at radius 3 is 2.92 bits per heavy atom. The fourth-order valence-electron chi connectivity index (χ4n) is 1.15. The Balaban J connectivity index is 2.13. The van der Waals surface area contributed by atoms with Crippen molar-refractivity contribution in [2.45, 2.75) is 25.0 Å². The number of ether oxygens (including phenoxy) is 1. The summed E-state index contributed by atoms with van der Waals surface area (Å²) in [4.78, 5) is 0. The third-order valence-corrected chi connectivity index (χ3v) is 2.25. The van der Waals surface area contributed by atoms with Crippen LogP contribution in [0, 0.1) is 0 Å². The lowest BCUT2D eigenvalue weighted by atomic mass is 10.1. The molecule has 0 aliphatic carbocycles. The summed E-state index contributed by atoms with van der Waals surface area (Å²) in [5.74, 6) is 0. The van der Waals surface area contributed by atoms with Crippen molar-refractivity contribution in [1.82, 2.24) is 4.72 Å². The van der Waals surface area contributed by atoms with Gasteiger partial charge in [-0.15, -0.1) is 0 Å². The molecule has 0 spiro atoms. The molecular formula is C6H14N2O3S. The minimum atomic E-state index is -1.94. The lowest BCUT2D eigenvalue weighted by molar-refractivity contribution is 0.00920. The first kappa shape index (κ1) is 10.1. The summed E-state index contributed by atoms with van der Waals surface area (Å²) in [5, 5.41) is 0. The van der Waals surface area contributed by atoms with Gasteiger partial charge in [0.2, 0.25) is 11.3 Å². The fourth-order valence-corrected chi connectivity index (χ4v) is 1.48. The molecule has 72 valence electrons. The molecule has 1 rings (SSSR count). The fraction of sp³-hybridized carbons (Fsp3) is 1.00. The summed E-state index contributed by atoms with van der Waals surface area (Å²) in [7, 11) is 0. The Morgan fingerprint density at radius 1 is 1.67 bits per heavy atom. The second-order valence-electron chi connectivity index (χ2n) is 2.89. The zero-order valence-corrected chi connectivity index (χ0v) is 7.55. The lowest BCUT2D eigenvalue weighted by Gasteiger charge is -2.26. The topological polar surface area (TPSA) is 84.6 Å². The highest BCUT2D eigenvalue weighted by molar-refractivity contribution is 7.77. The molecule has 6 heteroatoms. The third kappa shape index (κ3) is 3.59. The molecule has 1 fully saturated rings. The molecule has 0 aromatic carbocycles. The van der Waals surface area contributed by atoms with Crippen molar-refractivity contribution in [2.24, 2.45) is 5.73 Å². The first-order valence-corrected chi connectivity index (χ1v) is 5.00. The quantitative estimate of drug-likeness (QED) is 0.514. The number of hydrogen-bond donors (Lipinski definition) is 3. The number of nitrogens with two attached hydrogens (primary N) is 1. The summed E-state index contributed by atoms with van der Waals surface area (Å²) in [6.45, 7) is 0.959. The van der Waals surface area contributed by atoms with E-state index in [9.17, 15) is 4.21 Å². The minimum Gasteiger partial charge on any atom is -0.375 e. The third-order valence-electron chi connectivity index (χ3n) is 1.84. The van der Waals surface area contributed by atoms with E-state index in [1.807, 2.05) is 0 Å². The van der Waals surface area contributed by atoms with Crippen LogP contribution in [0.1, 0.15) is 12.8 Å². The van der Waals surface area contributed by atoms with E-state index in [4.69, 9.17) is 15.0 Å². The molecule has 0 radical (unpaired) electrons. The van der Waals surface area contributed by atoms with Gasteiger partial charge in [0.25, 0.3) is 0 Å². The molecule has 0 bridgehead atoms. The summed E-state index contributed by atoms with van der Waals surface area (Å²) in [6.07, 6.45) is 1.80. The minimum absolute atomic E-state index is 0.0286. The Labute approximate surface area is 74.1 Å². The van der Waals surface area contributed by atoms with Crippen LogP contribution in [0.4, 0.5) is 0 Å². The SMILES string of the molecule is N[C@@H]1CC[C@@H](CNS(=O)O)OC1. The average molecular weight is 194 g/mol. The van der Waals surface area contributed by atoms with Gasteiger partial charge in [-0.25, -0.2) is 8.93 Å². The second-order valence-corrected chi connectivity index (χ2v) is 3.68.